The van der Waals surface area contributed by atoms with E-state index in [9.17, 15) is 0 Å². The van der Waals surface area contributed by atoms with Gasteiger partial charge < -0.3 is 4.74 Å². The summed E-state index contributed by atoms with van der Waals surface area (Å²) < 4.78 is 7.88. The largest absolute Gasteiger partial charge is 0.493 e. The van der Waals surface area contributed by atoms with Crippen LogP contribution in [0.1, 0.15) is 25.2 Å². The summed E-state index contributed by atoms with van der Waals surface area (Å²) in [5, 5.41) is 13.7. The zero-order valence-corrected chi connectivity index (χ0v) is 13.9. The van der Waals surface area contributed by atoms with Crippen LogP contribution in [0, 0.1) is 4.77 Å². The van der Waals surface area contributed by atoms with Crippen LogP contribution in [-0.4, -0.2) is 27.7 Å². The molecule has 0 fully saturated rings. The molecular weight excluding hydrogens is 308 g/mol. The summed E-state index contributed by atoms with van der Waals surface area (Å²) >= 11 is 5.23. The van der Waals surface area contributed by atoms with Crippen molar-refractivity contribution < 1.29 is 4.74 Å². The van der Waals surface area contributed by atoms with Crippen LogP contribution in [0.3, 0.4) is 0 Å². The van der Waals surface area contributed by atoms with Crippen molar-refractivity contribution in [3.8, 4) is 5.75 Å². The van der Waals surface area contributed by atoms with E-state index in [0.717, 1.165) is 34.3 Å². The Balaban J connectivity index is 2.14. The van der Waals surface area contributed by atoms with Crippen molar-refractivity contribution in [3.63, 3.8) is 0 Å². The summed E-state index contributed by atoms with van der Waals surface area (Å²) in [4.78, 5) is 0. The number of nitrogens with one attached hydrogen (secondary N) is 1. The van der Waals surface area contributed by atoms with Gasteiger partial charge >= 0.3 is 0 Å². The highest BCUT2D eigenvalue weighted by Crippen LogP contribution is 2.26. The molecule has 0 aliphatic rings. The Morgan fingerprint density at radius 3 is 2.87 bits per heavy atom. The molecule has 3 aromatic rings. The average Bonchev–Trinajstić information content (AvgIpc) is 2.94. The van der Waals surface area contributed by atoms with E-state index in [4.69, 9.17) is 17.0 Å². The lowest BCUT2D eigenvalue weighted by molar-refractivity contribution is 0.340. The maximum absolute atomic E-state index is 5.75. The lowest BCUT2D eigenvalue weighted by Crippen LogP contribution is -2.00. The van der Waals surface area contributed by atoms with Gasteiger partial charge in [0.15, 0.2) is 5.82 Å². The number of aryl methyl sites for hydroxylation is 1. The van der Waals surface area contributed by atoms with Gasteiger partial charge in [-0.15, -0.1) is 0 Å². The Hall–Kier alpha value is -2.47. The van der Waals surface area contributed by atoms with Crippen LogP contribution in [0.2, 0.25) is 0 Å². The van der Waals surface area contributed by atoms with E-state index in [1.54, 1.807) is 10.9 Å². The van der Waals surface area contributed by atoms with Gasteiger partial charge in [0.1, 0.15) is 5.75 Å². The molecule has 0 unspecified atom stereocenters. The predicted molar refractivity (Wildman–Crippen MR) is 94.9 cm³/mol. The van der Waals surface area contributed by atoms with Crippen LogP contribution in [0.25, 0.3) is 10.8 Å². The second-order valence-electron chi connectivity index (χ2n) is 4.99. The fourth-order valence-corrected chi connectivity index (χ4v) is 2.68. The minimum atomic E-state index is 0.483. The first-order valence-corrected chi connectivity index (χ1v) is 8.00. The molecule has 0 spiro atoms. The maximum Gasteiger partial charge on any atom is 0.216 e. The number of hydrogen-bond acceptors (Lipinski definition) is 4. The number of nitrogens with zero attached hydrogens (tertiary/aromatic N) is 3. The number of rotatable bonds is 5. The van der Waals surface area contributed by atoms with Gasteiger partial charge in [-0.25, -0.2) is 0 Å². The van der Waals surface area contributed by atoms with Crippen LogP contribution in [-0.2, 0) is 6.42 Å². The van der Waals surface area contributed by atoms with Gasteiger partial charge in [0.25, 0.3) is 0 Å². The summed E-state index contributed by atoms with van der Waals surface area (Å²) in [5.74, 6) is 1.60. The van der Waals surface area contributed by atoms with Gasteiger partial charge in [-0.2, -0.15) is 14.9 Å². The molecule has 5 nitrogen and oxygen atoms in total. The van der Waals surface area contributed by atoms with Gasteiger partial charge in [0, 0.05) is 12.0 Å². The standard InChI is InChI=1S/C17H18N4OS/c1-3-16-19-20-17(23)21(16)18-11-14-13-8-6-5-7-12(13)9-10-15(14)22-4-2/h5-11H,3-4H2,1-2H3,(H,20,23)/b18-11+. The summed E-state index contributed by atoms with van der Waals surface area (Å²) in [6.45, 7) is 4.59. The smallest absolute Gasteiger partial charge is 0.216 e. The minimum Gasteiger partial charge on any atom is -0.493 e. The third-order valence-corrected chi connectivity index (χ3v) is 3.83. The van der Waals surface area contributed by atoms with E-state index in [1.807, 2.05) is 32.0 Å². The molecule has 1 N–H and O–H groups in total. The van der Waals surface area contributed by atoms with Crippen LogP contribution in [0.4, 0.5) is 0 Å². The molecule has 118 valence electrons. The number of fused-ring (bicyclic) bond motifs is 1. The number of H-pyrrole nitrogens is 1. The Morgan fingerprint density at radius 1 is 1.26 bits per heavy atom. The Labute approximate surface area is 139 Å². The highest BCUT2D eigenvalue weighted by atomic mass is 32.1. The molecule has 0 aliphatic carbocycles. The second-order valence-corrected chi connectivity index (χ2v) is 5.37. The molecule has 1 heterocycles. The summed E-state index contributed by atoms with van der Waals surface area (Å²) in [7, 11) is 0. The predicted octanol–water partition coefficient (Wildman–Crippen LogP) is 3.94. The molecule has 0 amide bonds. The zero-order valence-electron chi connectivity index (χ0n) is 13.1. The van der Waals surface area contributed by atoms with Crippen LogP contribution in [0.5, 0.6) is 5.75 Å². The molecule has 23 heavy (non-hydrogen) atoms. The lowest BCUT2D eigenvalue weighted by atomic mass is 10.0. The van der Waals surface area contributed by atoms with E-state index in [-0.39, 0.29) is 0 Å². The van der Waals surface area contributed by atoms with Gasteiger partial charge in [0.05, 0.1) is 12.8 Å². The number of benzene rings is 2. The zero-order chi connectivity index (χ0) is 16.2. The number of ether oxygens (including phenoxy) is 1. The Bertz CT molecular complexity index is 910. The highest BCUT2D eigenvalue weighted by molar-refractivity contribution is 7.71. The molecule has 2 aromatic carbocycles. The van der Waals surface area contributed by atoms with Crippen molar-refractivity contribution in [2.45, 2.75) is 20.3 Å². The van der Waals surface area contributed by atoms with Crippen molar-refractivity contribution >= 4 is 29.2 Å². The molecule has 0 saturated heterocycles. The Kier molecular flexibility index (Phi) is 4.52. The van der Waals surface area contributed by atoms with E-state index in [1.165, 1.54) is 0 Å². The van der Waals surface area contributed by atoms with E-state index in [0.29, 0.717) is 11.4 Å². The number of aromatic amines is 1. The topological polar surface area (TPSA) is 55.2 Å². The monoisotopic (exact) mass is 326 g/mol. The van der Waals surface area contributed by atoms with Crippen molar-refractivity contribution in [1.29, 1.82) is 0 Å². The third-order valence-electron chi connectivity index (χ3n) is 3.57. The normalized spacial score (nSPS) is 11.4. The number of aromatic nitrogens is 3. The lowest BCUT2D eigenvalue weighted by Gasteiger charge is -2.10. The SMILES string of the molecule is CCOc1ccc2ccccc2c1/C=N/n1c(CC)n[nH]c1=S. The number of hydrogen-bond donors (Lipinski definition) is 1. The molecule has 3 rings (SSSR count). The molecule has 1 aromatic heterocycles. The summed E-state index contributed by atoms with van der Waals surface area (Å²) in [5.41, 5.74) is 0.940. The van der Waals surface area contributed by atoms with E-state index < -0.39 is 0 Å². The second kappa shape index (κ2) is 6.75. The van der Waals surface area contributed by atoms with Crippen molar-refractivity contribution in [3.05, 3.63) is 52.6 Å². The van der Waals surface area contributed by atoms with Crippen molar-refractivity contribution in [2.24, 2.45) is 5.10 Å². The van der Waals surface area contributed by atoms with Gasteiger partial charge in [-0.1, -0.05) is 37.3 Å². The van der Waals surface area contributed by atoms with Crippen molar-refractivity contribution in [2.75, 3.05) is 6.61 Å². The first kappa shape index (κ1) is 15.4. The van der Waals surface area contributed by atoms with Gasteiger partial charge in [0.2, 0.25) is 4.77 Å². The van der Waals surface area contributed by atoms with Crippen LogP contribution >= 0.6 is 12.2 Å². The van der Waals surface area contributed by atoms with Crippen LogP contribution in [0.15, 0.2) is 41.5 Å². The fourth-order valence-electron chi connectivity index (χ4n) is 2.48. The summed E-state index contributed by atoms with van der Waals surface area (Å²) in [6, 6.07) is 12.2. The molecule has 0 atom stereocenters. The average molecular weight is 326 g/mol. The Morgan fingerprint density at radius 2 is 2.09 bits per heavy atom. The molecule has 0 radical (unpaired) electrons. The fraction of sp³-hybridized carbons (Fsp3) is 0.235. The highest BCUT2D eigenvalue weighted by Gasteiger charge is 2.08. The summed E-state index contributed by atoms with van der Waals surface area (Å²) in [6.07, 6.45) is 2.54. The molecule has 0 saturated carbocycles. The molecular formula is C17H18N4OS. The van der Waals surface area contributed by atoms with E-state index >= 15 is 0 Å². The quantitative estimate of drug-likeness (QED) is 0.571. The molecule has 0 bridgehead atoms. The molecule has 0 aliphatic heterocycles. The first-order valence-electron chi connectivity index (χ1n) is 7.59. The third kappa shape index (κ3) is 3.03. The van der Waals surface area contributed by atoms with E-state index in [2.05, 4.69) is 33.5 Å². The van der Waals surface area contributed by atoms with Gasteiger partial charge in [-0.05, 0) is 36.0 Å². The van der Waals surface area contributed by atoms with Gasteiger partial charge in [-0.3, -0.25) is 5.10 Å². The molecule has 6 heteroatoms. The van der Waals surface area contributed by atoms with Crippen LogP contribution < -0.4 is 4.74 Å². The minimum absolute atomic E-state index is 0.483. The maximum atomic E-state index is 5.75. The first-order chi connectivity index (χ1) is 11.2. The van der Waals surface area contributed by atoms with Crippen molar-refractivity contribution in [1.82, 2.24) is 14.9 Å².